The van der Waals surface area contributed by atoms with Gasteiger partial charge in [-0.2, -0.15) is 0 Å². The molecule has 2 aliphatic rings. The largest absolute Gasteiger partial charge is 1.00 e. The van der Waals surface area contributed by atoms with E-state index >= 15 is 0 Å². The number of fused-ring (bicyclic) bond motifs is 1. The summed E-state index contributed by atoms with van der Waals surface area (Å²) in [5.74, 6) is -1.22. The number of ether oxygens (including phenoxy) is 1. The molecule has 2 rings (SSSR count). The van der Waals surface area contributed by atoms with Crippen LogP contribution < -0.4 is 18.9 Å². The maximum absolute atomic E-state index is 11.1. The second-order valence-electron chi connectivity index (χ2n) is 3.11. The van der Waals surface area contributed by atoms with Gasteiger partial charge in [-0.1, -0.05) is 0 Å². The third-order valence-electron chi connectivity index (χ3n) is 2.29. The Kier molecular flexibility index (Phi) is 3.45. The van der Waals surface area contributed by atoms with E-state index in [1.165, 1.54) is 11.0 Å². The number of carboxylic acids is 1. The summed E-state index contributed by atoms with van der Waals surface area (Å²) in [6, 6.07) is -1.06. The molecule has 0 aromatic carbocycles. The first-order valence-electron chi connectivity index (χ1n) is 4.16. The Hall–Kier alpha value is -0.963. The molecular formula is C8H9LiNO5+. The van der Waals surface area contributed by atoms with Crippen molar-refractivity contribution in [2.24, 2.45) is 0 Å². The molecular weight excluding hydrogens is 197 g/mol. The molecule has 0 aromatic heterocycles. The fourth-order valence-electron chi connectivity index (χ4n) is 1.66. The van der Waals surface area contributed by atoms with Crippen molar-refractivity contribution in [2.75, 3.05) is 6.61 Å². The van der Waals surface area contributed by atoms with Crippen molar-refractivity contribution in [1.82, 2.24) is 4.90 Å². The van der Waals surface area contributed by atoms with Gasteiger partial charge in [-0.25, -0.2) is 4.79 Å². The third kappa shape index (κ3) is 1.76. The molecule has 2 fully saturated rings. The van der Waals surface area contributed by atoms with Crippen LogP contribution in [0.2, 0.25) is 0 Å². The van der Waals surface area contributed by atoms with Gasteiger partial charge in [-0.3, -0.25) is 9.69 Å². The molecule has 2 heterocycles. The van der Waals surface area contributed by atoms with Crippen LogP contribution >= 0.6 is 0 Å². The molecule has 1 amide bonds. The Morgan fingerprint density at radius 1 is 1.67 bits per heavy atom. The van der Waals surface area contributed by atoms with Crippen molar-refractivity contribution in [3.63, 3.8) is 0 Å². The van der Waals surface area contributed by atoms with E-state index in [1.54, 1.807) is 0 Å². The van der Waals surface area contributed by atoms with Crippen LogP contribution in [-0.4, -0.2) is 45.9 Å². The number of β-lactam (4-membered cyclic amide) rings is 1. The molecule has 0 unspecified atom stereocenters. The van der Waals surface area contributed by atoms with Gasteiger partial charge < -0.3 is 14.9 Å². The summed E-state index contributed by atoms with van der Waals surface area (Å²) in [4.78, 5) is 23.1. The molecule has 2 aliphatic heterocycles. The first kappa shape index (κ1) is 12.1. The Labute approximate surface area is 97.7 Å². The molecule has 0 aromatic rings. The molecule has 6 nitrogen and oxygen atoms in total. The summed E-state index contributed by atoms with van der Waals surface area (Å²) < 4.78 is 5.17. The zero-order chi connectivity index (χ0) is 10.3. The zero-order valence-corrected chi connectivity index (χ0v) is 8.21. The molecule has 0 radical (unpaired) electrons. The normalized spacial score (nSPS) is 30.3. The van der Waals surface area contributed by atoms with Gasteiger partial charge in [-0.05, 0) is 6.08 Å². The van der Waals surface area contributed by atoms with Crippen LogP contribution in [0, 0.1) is 0 Å². The van der Waals surface area contributed by atoms with Gasteiger partial charge in [0.1, 0.15) is 5.76 Å². The van der Waals surface area contributed by atoms with Crippen LogP contribution in [0.5, 0.6) is 0 Å². The number of aliphatic carboxylic acids is 1. The van der Waals surface area contributed by atoms with Crippen LogP contribution in [0.15, 0.2) is 11.8 Å². The van der Waals surface area contributed by atoms with Gasteiger partial charge in [0.25, 0.3) is 0 Å². The number of nitrogens with zero attached hydrogens (tertiary/aromatic N) is 1. The average Bonchev–Trinajstić information content (AvgIpc) is 2.39. The number of carboxylic acid groups (broad SMARTS) is 1. The van der Waals surface area contributed by atoms with E-state index in [2.05, 4.69) is 0 Å². The smallest absolute Gasteiger partial charge is 0.479 e. The topological polar surface area (TPSA) is 87.1 Å². The Balaban J connectivity index is 0.00000112. The predicted molar refractivity (Wildman–Crippen MR) is 42.9 cm³/mol. The molecule has 2 atom stereocenters. The second-order valence-corrected chi connectivity index (χ2v) is 3.11. The van der Waals surface area contributed by atoms with Crippen molar-refractivity contribution in [1.29, 1.82) is 0 Å². The number of rotatable bonds is 2. The summed E-state index contributed by atoms with van der Waals surface area (Å²) >= 11 is 0. The van der Waals surface area contributed by atoms with Crippen LogP contribution in [0.3, 0.4) is 0 Å². The minimum absolute atomic E-state index is 0. The van der Waals surface area contributed by atoms with Gasteiger partial charge in [0.2, 0.25) is 5.91 Å². The minimum Gasteiger partial charge on any atom is -0.479 e. The molecule has 76 valence electrons. The van der Waals surface area contributed by atoms with Gasteiger partial charge in [0.15, 0.2) is 12.3 Å². The molecule has 15 heavy (non-hydrogen) atoms. The van der Waals surface area contributed by atoms with E-state index in [0.29, 0.717) is 0 Å². The SMILES string of the molecule is O=C(O)[C@H]1/C(=C/CO)O[C@@H]2CC(=O)N21.[Li+]. The summed E-state index contributed by atoms with van der Waals surface area (Å²) in [6.07, 6.45) is 1.03. The zero-order valence-electron chi connectivity index (χ0n) is 8.21. The minimum atomic E-state index is -1.14. The van der Waals surface area contributed by atoms with Crippen molar-refractivity contribution in [3.8, 4) is 0 Å². The molecule has 0 spiro atoms. The van der Waals surface area contributed by atoms with Crippen LogP contribution in [-0.2, 0) is 14.3 Å². The number of aliphatic hydroxyl groups excluding tert-OH is 1. The van der Waals surface area contributed by atoms with Gasteiger partial charge in [0.05, 0.1) is 13.0 Å². The fraction of sp³-hybridized carbons (Fsp3) is 0.500. The van der Waals surface area contributed by atoms with Crippen molar-refractivity contribution in [2.45, 2.75) is 18.7 Å². The van der Waals surface area contributed by atoms with Crippen molar-refractivity contribution >= 4 is 11.9 Å². The molecule has 2 N–H and O–H groups in total. The maximum Gasteiger partial charge on any atom is 1.00 e. The van der Waals surface area contributed by atoms with E-state index in [1.807, 2.05) is 0 Å². The summed E-state index contributed by atoms with van der Waals surface area (Å²) in [5.41, 5.74) is 0. The monoisotopic (exact) mass is 206 g/mol. The van der Waals surface area contributed by atoms with E-state index in [-0.39, 0.29) is 43.6 Å². The molecule has 2 saturated heterocycles. The number of hydrogen-bond donors (Lipinski definition) is 2. The average molecular weight is 206 g/mol. The number of amides is 1. The van der Waals surface area contributed by atoms with Gasteiger partial charge in [0, 0.05) is 0 Å². The maximum atomic E-state index is 11.1. The summed E-state index contributed by atoms with van der Waals surface area (Å²) in [5, 5.41) is 17.5. The number of aliphatic hydroxyl groups is 1. The summed E-state index contributed by atoms with van der Waals surface area (Å²) in [7, 11) is 0. The molecule has 7 heteroatoms. The van der Waals surface area contributed by atoms with E-state index in [9.17, 15) is 9.59 Å². The predicted octanol–water partition coefficient (Wildman–Crippen LogP) is -4.09. The number of carbonyl (C=O) groups is 2. The van der Waals surface area contributed by atoms with Crippen molar-refractivity contribution < 1.29 is 43.4 Å². The quantitative estimate of drug-likeness (QED) is 0.354. The van der Waals surface area contributed by atoms with Crippen LogP contribution in [0.1, 0.15) is 6.42 Å². The summed E-state index contributed by atoms with van der Waals surface area (Å²) in [6.45, 7) is -0.298. The fourth-order valence-corrected chi connectivity index (χ4v) is 1.66. The van der Waals surface area contributed by atoms with Crippen LogP contribution in [0.25, 0.3) is 0 Å². The first-order chi connectivity index (χ1) is 6.65. The molecule has 0 bridgehead atoms. The van der Waals surface area contributed by atoms with Gasteiger partial charge in [-0.15, -0.1) is 0 Å². The van der Waals surface area contributed by atoms with E-state index < -0.39 is 18.2 Å². The first-order valence-corrected chi connectivity index (χ1v) is 4.16. The van der Waals surface area contributed by atoms with Gasteiger partial charge >= 0.3 is 24.8 Å². The van der Waals surface area contributed by atoms with Crippen molar-refractivity contribution in [3.05, 3.63) is 11.8 Å². The third-order valence-corrected chi connectivity index (χ3v) is 2.29. The Morgan fingerprint density at radius 2 is 2.33 bits per heavy atom. The molecule has 0 saturated carbocycles. The van der Waals surface area contributed by atoms with Crippen LogP contribution in [0.4, 0.5) is 0 Å². The van der Waals surface area contributed by atoms with E-state index in [4.69, 9.17) is 14.9 Å². The second kappa shape index (κ2) is 4.27. The Bertz CT molecular complexity index is 329. The molecule has 0 aliphatic carbocycles. The Morgan fingerprint density at radius 3 is 2.80 bits per heavy atom. The number of hydrogen-bond acceptors (Lipinski definition) is 4. The standard InChI is InChI=1S/C8H9NO5.Li/c10-2-1-4-7(8(12)13)9-5(11)3-6(9)14-4;/h1,6-7,10H,2-3H2,(H,12,13);/q;+1/b4-1-;/t6-,7-;/m1./s1. The number of carbonyl (C=O) groups excluding carboxylic acids is 1. The van der Waals surface area contributed by atoms with E-state index in [0.717, 1.165) is 0 Å².